The van der Waals surface area contributed by atoms with Crippen LogP contribution in [-0.2, 0) is 11.2 Å². The molecule has 0 bridgehead atoms. The smallest absolute Gasteiger partial charge is 0.225 e. The Morgan fingerprint density at radius 2 is 2.23 bits per heavy atom. The van der Waals surface area contributed by atoms with Gasteiger partial charge in [0.25, 0.3) is 0 Å². The number of furan rings is 1. The van der Waals surface area contributed by atoms with Crippen molar-refractivity contribution in [2.45, 2.75) is 37.6 Å². The molecule has 0 aliphatic heterocycles. The highest BCUT2D eigenvalue weighted by atomic mass is 16.5. The highest BCUT2D eigenvalue weighted by Gasteiger charge is 2.35. The number of fused-ring (bicyclic) bond motifs is 1. The molecule has 1 aromatic carbocycles. The van der Waals surface area contributed by atoms with Crippen LogP contribution in [0.2, 0.25) is 0 Å². The maximum absolute atomic E-state index is 12.3. The highest BCUT2D eigenvalue weighted by molar-refractivity contribution is 5.88. The first-order valence-corrected chi connectivity index (χ1v) is 7.42. The van der Waals surface area contributed by atoms with Gasteiger partial charge in [0.15, 0.2) is 0 Å². The molecule has 1 N–H and O–H groups in total. The molecule has 5 nitrogen and oxygen atoms in total. The number of nitriles is 1. The van der Waals surface area contributed by atoms with Gasteiger partial charge < -0.3 is 14.5 Å². The van der Waals surface area contributed by atoms with Gasteiger partial charge in [-0.15, -0.1) is 0 Å². The Hall–Kier alpha value is -2.48. The van der Waals surface area contributed by atoms with Crippen LogP contribution in [0.25, 0.3) is 11.0 Å². The van der Waals surface area contributed by atoms with Gasteiger partial charge in [-0.05, 0) is 37.8 Å². The van der Waals surface area contributed by atoms with Crippen LogP contribution in [0.1, 0.15) is 31.2 Å². The van der Waals surface area contributed by atoms with Crippen LogP contribution < -0.4 is 10.1 Å². The Labute approximate surface area is 128 Å². The Morgan fingerprint density at radius 1 is 1.45 bits per heavy atom. The lowest BCUT2D eigenvalue weighted by atomic mass is 9.99. The molecule has 3 rings (SSSR count). The summed E-state index contributed by atoms with van der Waals surface area (Å²) in [6.07, 6.45) is 5.25. The molecule has 5 heteroatoms. The first-order valence-electron chi connectivity index (χ1n) is 7.42. The van der Waals surface area contributed by atoms with Crippen LogP contribution in [-0.4, -0.2) is 18.6 Å². The van der Waals surface area contributed by atoms with E-state index in [0.717, 1.165) is 36.6 Å². The molecule has 0 spiro atoms. The van der Waals surface area contributed by atoms with E-state index < -0.39 is 5.54 Å². The largest absolute Gasteiger partial charge is 0.497 e. The molecule has 1 heterocycles. The number of hydrogen-bond acceptors (Lipinski definition) is 4. The first kappa shape index (κ1) is 14.5. The summed E-state index contributed by atoms with van der Waals surface area (Å²) in [7, 11) is 1.60. The lowest BCUT2D eigenvalue weighted by Gasteiger charge is -2.21. The molecule has 22 heavy (non-hydrogen) atoms. The fourth-order valence-electron chi connectivity index (χ4n) is 3.05. The van der Waals surface area contributed by atoms with Gasteiger partial charge in [-0.1, -0.05) is 0 Å². The van der Waals surface area contributed by atoms with Crippen LogP contribution in [0.5, 0.6) is 5.75 Å². The molecule has 1 aliphatic carbocycles. The van der Waals surface area contributed by atoms with Gasteiger partial charge in [-0.2, -0.15) is 5.26 Å². The Morgan fingerprint density at radius 3 is 2.91 bits per heavy atom. The molecule has 0 unspecified atom stereocenters. The molecular formula is C17H18N2O3. The predicted molar refractivity (Wildman–Crippen MR) is 81.4 cm³/mol. The second-order valence-corrected chi connectivity index (χ2v) is 5.75. The molecule has 1 aliphatic rings. The summed E-state index contributed by atoms with van der Waals surface area (Å²) in [5.74, 6) is 0.578. The third kappa shape index (κ3) is 2.64. The normalized spacial score (nSPS) is 16.4. The topological polar surface area (TPSA) is 75.3 Å². The van der Waals surface area contributed by atoms with Crippen LogP contribution in [0, 0.1) is 11.3 Å². The molecule has 1 amide bonds. The van der Waals surface area contributed by atoms with Gasteiger partial charge in [-0.3, -0.25) is 4.79 Å². The molecule has 1 fully saturated rings. The summed E-state index contributed by atoms with van der Waals surface area (Å²) in [6, 6.07) is 7.79. The Kier molecular flexibility index (Phi) is 3.76. The standard InChI is InChI=1S/C17H18N2O3/c1-21-13-4-5-14-12(10-22-15(14)9-13)8-16(20)19-17(11-18)6-2-3-7-17/h4-5,9-10H,2-3,6-8H2,1H3,(H,19,20). The number of methoxy groups -OCH3 is 1. The van der Waals surface area contributed by atoms with Crippen molar-refractivity contribution in [3.05, 3.63) is 30.0 Å². The number of carbonyl (C=O) groups excluding carboxylic acids is 1. The van der Waals surface area contributed by atoms with Gasteiger partial charge in [0.2, 0.25) is 5.91 Å². The van der Waals surface area contributed by atoms with E-state index >= 15 is 0 Å². The van der Waals surface area contributed by atoms with Crippen LogP contribution in [0.3, 0.4) is 0 Å². The van der Waals surface area contributed by atoms with E-state index in [0.29, 0.717) is 11.3 Å². The fraction of sp³-hybridized carbons (Fsp3) is 0.412. The molecule has 1 aromatic heterocycles. The third-order valence-electron chi connectivity index (χ3n) is 4.26. The van der Waals surface area contributed by atoms with Crippen LogP contribution in [0.15, 0.2) is 28.9 Å². The number of carbonyl (C=O) groups is 1. The molecule has 0 saturated heterocycles. The minimum Gasteiger partial charge on any atom is -0.497 e. The zero-order chi connectivity index (χ0) is 15.6. The number of rotatable bonds is 4. The van der Waals surface area contributed by atoms with Crippen molar-refractivity contribution in [3.63, 3.8) is 0 Å². The van der Waals surface area contributed by atoms with Gasteiger partial charge in [0.05, 0.1) is 25.9 Å². The predicted octanol–water partition coefficient (Wildman–Crippen LogP) is 2.94. The quantitative estimate of drug-likeness (QED) is 0.941. The maximum atomic E-state index is 12.3. The zero-order valence-electron chi connectivity index (χ0n) is 12.5. The van der Waals surface area contributed by atoms with Gasteiger partial charge in [0.1, 0.15) is 16.9 Å². The van der Waals surface area contributed by atoms with E-state index in [9.17, 15) is 10.1 Å². The van der Waals surface area contributed by atoms with Gasteiger partial charge in [-0.25, -0.2) is 0 Å². The number of benzene rings is 1. The van der Waals surface area contributed by atoms with Crippen molar-refractivity contribution in [1.29, 1.82) is 5.26 Å². The number of ether oxygens (including phenoxy) is 1. The molecule has 114 valence electrons. The number of nitrogens with one attached hydrogen (secondary N) is 1. The summed E-state index contributed by atoms with van der Waals surface area (Å²) in [4.78, 5) is 12.3. The minimum absolute atomic E-state index is 0.137. The lowest BCUT2D eigenvalue weighted by molar-refractivity contribution is -0.121. The van der Waals surface area contributed by atoms with E-state index in [1.165, 1.54) is 0 Å². The fourth-order valence-corrected chi connectivity index (χ4v) is 3.05. The zero-order valence-corrected chi connectivity index (χ0v) is 12.5. The second-order valence-electron chi connectivity index (χ2n) is 5.75. The summed E-state index contributed by atoms with van der Waals surface area (Å²) in [6.45, 7) is 0. The SMILES string of the molecule is COc1ccc2c(CC(=O)NC3(C#N)CCCC3)coc2c1. The van der Waals surface area contributed by atoms with Crippen molar-refractivity contribution in [3.8, 4) is 11.8 Å². The summed E-state index contributed by atoms with van der Waals surface area (Å²) >= 11 is 0. The Bertz CT molecular complexity index is 736. The molecule has 2 aromatic rings. The Balaban J connectivity index is 1.76. The van der Waals surface area contributed by atoms with Crippen molar-refractivity contribution in [1.82, 2.24) is 5.32 Å². The summed E-state index contributed by atoms with van der Waals surface area (Å²) < 4.78 is 10.6. The van der Waals surface area contributed by atoms with E-state index in [1.807, 2.05) is 12.1 Å². The minimum atomic E-state index is -0.681. The number of amides is 1. The van der Waals surface area contributed by atoms with E-state index in [1.54, 1.807) is 19.4 Å². The second kappa shape index (κ2) is 5.72. The summed E-state index contributed by atoms with van der Waals surface area (Å²) in [5.41, 5.74) is 0.832. The summed E-state index contributed by atoms with van der Waals surface area (Å²) in [5, 5.41) is 13.1. The first-order chi connectivity index (χ1) is 10.7. The average molecular weight is 298 g/mol. The van der Waals surface area contributed by atoms with E-state index in [-0.39, 0.29) is 12.3 Å². The van der Waals surface area contributed by atoms with Gasteiger partial charge >= 0.3 is 0 Å². The number of nitrogens with zero attached hydrogens (tertiary/aromatic N) is 1. The van der Waals surface area contributed by atoms with Crippen molar-refractivity contribution in [2.24, 2.45) is 0 Å². The van der Waals surface area contributed by atoms with Crippen molar-refractivity contribution >= 4 is 16.9 Å². The highest BCUT2D eigenvalue weighted by Crippen LogP contribution is 2.30. The van der Waals surface area contributed by atoms with Crippen LogP contribution >= 0.6 is 0 Å². The van der Waals surface area contributed by atoms with Crippen LogP contribution in [0.4, 0.5) is 0 Å². The lowest BCUT2D eigenvalue weighted by Crippen LogP contribution is -2.45. The van der Waals surface area contributed by atoms with E-state index in [2.05, 4.69) is 11.4 Å². The maximum Gasteiger partial charge on any atom is 0.225 e. The van der Waals surface area contributed by atoms with Crippen molar-refractivity contribution < 1.29 is 13.9 Å². The molecular weight excluding hydrogens is 280 g/mol. The average Bonchev–Trinajstić information content (AvgIpc) is 3.15. The third-order valence-corrected chi connectivity index (χ3v) is 4.26. The molecule has 1 saturated carbocycles. The number of hydrogen-bond donors (Lipinski definition) is 1. The van der Waals surface area contributed by atoms with Crippen molar-refractivity contribution in [2.75, 3.05) is 7.11 Å². The van der Waals surface area contributed by atoms with E-state index in [4.69, 9.17) is 9.15 Å². The molecule has 0 radical (unpaired) electrons. The monoisotopic (exact) mass is 298 g/mol. The van der Waals surface area contributed by atoms with Gasteiger partial charge in [0, 0.05) is 17.0 Å². The molecule has 0 atom stereocenters.